The van der Waals surface area contributed by atoms with Gasteiger partial charge in [0, 0.05) is 12.6 Å². The normalized spacial score (nSPS) is 13.2. The van der Waals surface area contributed by atoms with Crippen molar-refractivity contribution in [3.63, 3.8) is 0 Å². The highest BCUT2D eigenvalue weighted by molar-refractivity contribution is 5.18. The Labute approximate surface area is 117 Å². The number of likely N-dealkylation sites (N-methyl/N-ethyl adjacent to an activating group) is 1. The molecule has 0 saturated heterocycles. The summed E-state index contributed by atoms with van der Waals surface area (Å²) in [4.78, 5) is 2.31. The predicted molar refractivity (Wildman–Crippen MR) is 81.2 cm³/mol. The van der Waals surface area contributed by atoms with Crippen molar-refractivity contribution in [2.75, 3.05) is 26.7 Å². The van der Waals surface area contributed by atoms with Crippen molar-refractivity contribution in [2.45, 2.75) is 38.8 Å². The third kappa shape index (κ3) is 7.31. The summed E-state index contributed by atoms with van der Waals surface area (Å²) < 4.78 is 5.54. The first kappa shape index (κ1) is 16.2. The number of nitrogens with two attached hydrogens (primary N) is 1. The summed E-state index contributed by atoms with van der Waals surface area (Å²) in [6.07, 6.45) is 2.47. The van der Waals surface area contributed by atoms with Gasteiger partial charge in [-0.05, 0) is 45.8 Å². The lowest BCUT2D eigenvalue weighted by Crippen LogP contribution is -2.26. The molecule has 0 radical (unpaired) electrons. The van der Waals surface area contributed by atoms with Crippen LogP contribution in [0.15, 0.2) is 30.3 Å². The summed E-state index contributed by atoms with van der Waals surface area (Å²) >= 11 is 0. The van der Waals surface area contributed by atoms with Crippen LogP contribution < -0.4 is 5.73 Å². The maximum atomic E-state index is 6.18. The van der Waals surface area contributed by atoms with Gasteiger partial charge in [0.25, 0.3) is 0 Å². The van der Waals surface area contributed by atoms with Crippen LogP contribution in [0.25, 0.3) is 0 Å². The minimum absolute atomic E-state index is 0.154. The monoisotopic (exact) mass is 264 g/mol. The Hall–Kier alpha value is -0.900. The highest BCUT2D eigenvalue weighted by Crippen LogP contribution is 2.15. The maximum Gasteiger partial charge on any atom is 0.0596 e. The van der Waals surface area contributed by atoms with Gasteiger partial charge in [0.15, 0.2) is 0 Å². The van der Waals surface area contributed by atoms with Gasteiger partial charge >= 0.3 is 0 Å². The van der Waals surface area contributed by atoms with Crippen LogP contribution in [0.3, 0.4) is 0 Å². The summed E-state index contributed by atoms with van der Waals surface area (Å²) in [5.41, 5.74) is 7.41. The second kappa shape index (κ2) is 9.08. The molecule has 19 heavy (non-hydrogen) atoms. The Bertz CT molecular complexity index is 327. The first-order chi connectivity index (χ1) is 9.09. The van der Waals surface area contributed by atoms with E-state index >= 15 is 0 Å². The van der Waals surface area contributed by atoms with E-state index in [4.69, 9.17) is 10.5 Å². The number of ether oxygens (including phenoxy) is 1. The highest BCUT2D eigenvalue weighted by atomic mass is 16.5. The van der Waals surface area contributed by atoms with Gasteiger partial charge in [0.05, 0.1) is 12.7 Å². The van der Waals surface area contributed by atoms with Gasteiger partial charge in [-0.25, -0.2) is 0 Å². The summed E-state index contributed by atoms with van der Waals surface area (Å²) in [7, 11) is 2.14. The lowest BCUT2D eigenvalue weighted by molar-refractivity contribution is 0.0635. The summed E-state index contributed by atoms with van der Waals surface area (Å²) in [5.74, 6) is 0. The van der Waals surface area contributed by atoms with Crippen molar-refractivity contribution < 1.29 is 4.74 Å². The molecule has 1 aromatic rings. The van der Waals surface area contributed by atoms with Crippen LogP contribution in [0.5, 0.6) is 0 Å². The van der Waals surface area contributed by atoms with Gasteiger partial charge in [0.2, 0.25) is 0 Å². The van der Waals surface area contributed by atoms with Crippen molar-refractivity contribution in [2.24, 2.45) is 5.73 Å². The van der Waals surface area contributed by atoms with Crippen molar-refractivity contribution in [1.82, 2.24) is 4.90 Å². The molecule has 0 amide bonds. The predicted octanol–water partition coefficient (Wildman–Crippen LogP) is 2.82. The lowest BCUT2D eigenvalue weighted by atomic mass is 10.0. The average Bonchev–Trinajstić information content (AvgIpc) is 2.39. The van der Waals surface area contributed by atoms with Crippen LogP contribution in [0, 0.1) is 0 Å². The van der Waals surface area contributed by atoms with Crippen LogP contribution in [-0.2, 0) is 4.74 Å². The van der Waals surface area contributed by atoms with E-state index in [2.05, 4.69) is 37.9 Å². The van der Waals surface area contributed by atoms with Crippen molar-refractivity contribution in [3.05, 3.63) is 35.9 Å². The second-order valence-corrected chi connectivity index (χ2v) is 5.38. The molecule has 0 heterocycles. The molecule has 0 fully saturated rings. The first-order valence-electron chi connectivity index (χ1n) is 7.20. The van der Waals surface area contributed by atoms with Crippen molar-refractivity contribution >= 4 is 0 Å². The average molecular weight is 264 g/mol. The van der Waals surface area contributed by atoms with E-state index in [9.17, 15) is 0 Å². The molecule has 1 atom stereocenters. The highest BCUT2D eigenvalue weighted by Gasteiger charge is 2.06. The molecule has 3 heteroatoms. The molecule has 0 aliphatic carbocycles. The maximum absolute atomic E-state index is 6.18. The number of benzene rings is 1. The fourth-order valence-corrected chi connectivity index (χ4v) is 2.00. The van der Waals surface area contributed by atoms with Crippen LogP contribution in [0.1, 0.15) is 38.3 Å². The van der Waals surface area contributed by atoms with Gasteiger partial charge in [-0.3, -0.25) is 0 Å². The number of rotatable bonds is 9. The van der Waals surface area contributed by atoms with Gasteiger partial charge < -0.3 is 15.4 Å². The van der Waals surface area contributed by atoms with E-state index in [0.29, 0.717) is 6.10 Å². The Kier molecular flexibility index (Phi) is 7.72. The Balaban J connectivity index is 2.12. The molecular formula is C16H28N2O. The Morgan fingerprint density at radius 1 is 1.16 bits per heavy atom. The minimum atomic E-state index is 0.154. The van der Waals surface area contributed by atoms with Gasteiger partial charge in [0.1, 0.15) is 0 Å². The number of hydrogen-bond donors (Lipinski definition) is 1. The molecule has 2 N–H and O–H groups in total. The zero-order valence-corrected chi connectivity index (χ0v) is 12.5. The fourth-order valence-electron chi connectivity index (χ4n) is 2.00. The molecule has 0 saturated carbocycles. The second-order valence-electron chi connectivity index (χ2n) is 5.38. The van der Waals surface area contributed by atoms with E-state index in [-0.39, 0.29) is 6.04 Å². The van der Waals surface area contributed by atoms with Gasteiger partial charge in [-0.2, -0.15) is 0 Å². The Morgan fingerprint density at radius 2 is 1.84 bits per heavy atom. The molecule has 0 aliphatic heterocycles. The van der Waals surface area contributed by atoms with E-state index < -0.39 is 0 Å². The van der Waals surface area contributed by atoms with Crippen molar-refractivity contribution in [1.29, 1.82) is 0 Å². The summed E-state index contributed by atoms with van der Waals surface area (Å²) in [5, 5.41) is 0. The standard InChI is InChI=1S/C16H28N2O/c1-14(2)19-13-12-18(3)11-7-10-16(17)15-8-5-4-6-9-15/h4-6,8-9,14,16H,7,10-13,17H2,1-3H3. The molecule has 1 rings (SSSR count). The molecule has 0 aromatic heterocycles. The molecule has 108 valence electrons. The third-order valence-corrected chi connectivity index (χ3v) is 3.21. The largest absolute Gasteiger partial charge is 0.377 e. The zero-order chi connectivity index (χ0) is 14.1. The van der Waals surface area contributed by atoms with E-state index in [1.165, 1.54) is 5.56 Å². The fraction of sp³-hybridized carbons (Fsp3) is 0.625. The van der Waals surface area contributed by atoms with Crippen LogP contribution >= 0.6 is 0 Å². The molecule has 1 unspecified atom stereocenters. The van der Waals surface area contributed by atoms with E-state index in [1.807, 2.05) is 18.2 Å². The Morgan fingerprint density at radius 3 is 2.47 bits per heavy atom. The van der Waals surface area contributed by atoms with Crippen LogP contribution in [0.4, 0.5) is 0 Å². The topological polar surface area (TPSA) is 38.5 Å². The number of nitrogens with zero attached hydrogens (tertiary/aromatic N) is 1. The van der Waals surface area contributed by atoms with E-state index in [1.54, 1.807) is 0 Å². The molecular weight excluding hydrogens is 236 g/mol. The lowest BCUT2D eigenvalue weighted by Gasteiger charge is -2.19. The van der Waals surface area contributed by atoms with Gasteiger partial charge in [-0.15, -0.1) is 0 Å². The molecule has 0 bridgehead atoms. The van der Waals surface area contributed by atoms with E-state index in [0.717, 1.165) is 32.5 Å². The molecule has 0 spiro atoms. The molecule has 0 aliphatic rings. The molecule has 1 aromatic carbocycles. The van der Waals surface area contributed by atoms with Crippen LogP contribution in [0.2, 0.25) is 0 Å². The SMILES string of the molecule is CC(C)OCCN(C)CCCC(N)c1ccccc1. The third-order valence-electron chi connectivity index (χ3n) is 3.21. The van der Waals surface area contributed by atoms with Crippen molar-refractivity contribution in [3.8, 4) is 0 Å². The zero-order valence-electron chi connectivity index (χ0n) is 12.5. The van der Waals surface area contributed by atoms with Gasteiger partial charge in [-0.1, -0.05) is 30.3 Å². The number of hydrogen-bond acceptors (Lipinski definition) is 3. The minimum Gasteiger partial charge on any atom is -0.377 e. The first-order valence-corrected chi connectivity index (χ1v) is 7.20. The summed E-state index contributed by atoms with van der Waals surface area (Å²) in [6, 6.07) is 10.5. The van der Waals surface area contributed by atoms with Crippen LogP contribution in [-0.4, -0.2) is 37.7 Å². The summed E-state index contributed by atoms with van der Waals surface area (Å²) in [6.45, 7) is 7.00. The molecule has 3 nitrogen and oxygen atoms in total. The smallest absolute Gasteiger partial charge is 0.0596 e. The quantitative estimate of drug-likeness (QED) is 0.745.